The lowest BCUT2D eigenvalue weighted by Crippen LogP contribution is -2.42. The minimum absolute atomic E-state index is 0.225. The van der Waals surface area contributed by atoms with Gasteiger partial charge in [-0.2, -0.15) is 0 Å². The number of carboxylic acids is 1. The zero-order chi connectivity index (χ0) is 15.0. The highest BCUT2D eigenvalue weighted by atomic mass is 16.5. The highest BCUT2D eigenvalue weighted by Crippen LogP contribution is 2.34. The number of likely N-dealkylation sites (tertiary alicyclic amines) is 1. The fourth-order valence-electron chi connectivity index (χ4n) is 2.25. The highest BCUT2D eigenvalue weighted by molar-refractivity contribution is 5.79. The van der Waals surface area contributed by atoms with Crippen LogP contribution in [-0.2, 0) is 14.3 Å². The lowest BCUT2D eigenvalue weighted by atomic mass is 9.84. The van der Waals surface area contributed by atoms with Gasteiger partial charge in [0, 0.05) is 26.7 Å². The number of carbonyl (C=O) groups excluding carboxylic acids is 1. The summed E-state index contributed by atoms with van der Waals surface area (Å²) in [5.41, 5.74) is -0.785. The first-order chi connectivity index (χ1) is 9.55. The summed E-state index contributed by atoms with van der Waals surface area (Å²) < 4.78 is 10.1. The number of urea groups is 1. The van der Waals surface area contributed by atoms with Gasteiger partial charge in [0.15, 0.2) is 0 Å². The monoisotopic (exact) mass is 288 g/mol. The van der Waals surface area contributed by atoms with Gasteiger partial charge in [-0.15, -0.1) is 0 Å². The Labute approximate surface area is 119 Å². The first-order valence-electron chi connectivity index (χ1n) is 6.88. The van der Waals surface area contributed by atoms with Gasteiger partial charge in [-0.25, -0.2) is 4.79 Å². The topological polar surface area (TPSA) is 88.1 Å². The van der Waals surface area contributed by atoms with Crippen LogP contribution in [0.15, 0.2) is 0 Å². The Kier molecular flexibility index (Phi) is 6.74. The molecule has 0 radical (unpaired) electrons. The SMILES string of the molecule is CCC1(C(=O)O)CCN(C(=O)NCCOCCOC)C1. The van der Waals surface area contributed by atoms with Crippen molar-refractivity contribution in [2.24, 2.45) is 5.41 Å². The van der Waals surface area contributed by atoms with Gasteiger partial charge >= 0.3 is 12.0 Å². The number of carboxylic acid groups (broad SMARTS) is 1. The molecule has 7 nitrogen and oxygen atoms in total. The normalized spacial score (nSPS) is 22.0. The molecular weight excluding hydrogens is 264 g/mol. The summed E-state index contributed by atoms with van der Waals surface area (Å²) in [6, 6.07) is -0.225. The van der Waals surface area contributed by atoms with Crippen molar-refractivity contribution < 1.29 is 24.2 Å². The Morgan fingerprint density at radius 1 is 1.35 bits per heavy atom. The summed E-state index contributed by atoms with van der Waals surface area (Å²) in [5.74, 6) is -0.821. The maximum atomic E-state index is 11.9. The maximum Gasteiger partial charge on any atom is 0.317 e. The standard InChI is InChI=1S/C13H24N2O5/c1-3-13(11(16)17)4-6-15(10-13)12(18)14-5-7-20-9-8-19-2/h3-10H2,1-2H3,(H,14,18)(H,16,17). The molecule has 0 saturated carbocycles. The smallest absolute Gasteiger partial charge is 0.317 e. The molecule has 116 valence electrons. The second kappa shape index (κ2) is 8.06. The van der Waals surface area contributed by atoms with E-state index in [-0.39, 0.29) is 12.6 Å². The van der Waals surface area contributed by atoms with E-state index in [0.29, 0.717) is 45.8 Å². The van der Waals surface area contributed by atoms with Crippen LogP contribution < -0.4 is 5.32 Å². The Balaban J connectivity index is 2.27. The van der Waals surface area contributed by atoms with Gasteiger partial charge in [0.2, 0.25) is 0 Å². The van der Waals surface area contributed by atoms with Crippen LogP contribution in [-0.4, -0.2) is 68.6 Å². The number of aliphatic carboxylic acids is 1. The van der Waals surface area contributed by atoms with E-state index in [9.17, 15) is 14.7 Å². The van der Waals surface area contributed by atoms with Crippen molar-refractivity contribution in [2.45, 2.75) is 19.8 Å². The summed E-state index contributed by atoms with van der Waals surface area (Å²) in [4.78, 5) is 24.8. The number of nitrogens with one attached hydrogen (secondary N) is 1. The van der Waals surface area contributed by atoms with Crippen molar-refractivity contribution in [3.8, 4) is 0 Å². The molecule has 1 aliphatic rings. The van der Waals surface area contributed by atoms with Crippen LogP contribution in [0.1, 0.15) is 19.8 Å². The van der Waals surface area contributed by atoms with Crippen molar-refractivity contribution in [2.75, 3.05) is 46.6 Å². The molecule has 0 aromatic rings. The first kappa shape index (κ1) is 16.7. The molecule has 20 heavy (non-hydrogen) atoms. The molecule has 1 saturated heterocycles. The number of ether oxygens (including phenoxy) is 2. The Morgan fingerprint density at radius 2 is 2.10 bits per heavy atom. The summed E-state index contributed by atoms with van der Waals surface area (Å²) >= 11 is 0. The molecule has 1 unspecified atom stereocenters. The van der Waals surface area contributed by atoms with Gasteiger partial charge < -0.3 is 24.8 Å². The van der Waals surface area contributed by atoms with Crippen LogP contribution in [0.2, 0.25) is 0 Å². The molecule has 7 heteroatoms. The van der Waals surface area contributed by atoms with Crippen LogP contribution >= 0.6 is 0 Å². The summed E-state index contributed by atoms with van der Waals surface area (Å²) in [6.45, 7) is 4.45. The quantitative estimate of drug-likeness (QED) is 0.637. The van der Waals surface area contributed by atoms with Gasteiger partial charge in [0.25, 0.3) is 0 Å². The van der Waals surface area contributed by atoms with E-state index in [1.54, 1.807) is 12.0 Å². The molecule has 1 aliphatic heterocycles. The third kappa shape index (κ3) is 4.35. The zero-order valence-electron chi connectivity index (χ0n) is 12.2. The Bertz CT molecular complexity index is 337. The molecule has 1 heterocycles. The molecule has 0 aromatic carbocycles. The molecule has 0 spiro atoms. The number of hydrogen-bond acceptors (Lipinski definition) is 4. The minimum Gasteiger partial charge on any atom is -0.481 e. The van der Waals surface area contributed by atoms with Gasteiger partial charge in [-0.05, 0) is 12.8 Å². The predicted octanol–water partition coefficient (Wildman–Crippen LogP) is 0.546. The number of amides is 2. The van der Waals surface area contributed by atoms with E-state index in [2.05, 4.69) is 5.32 Å². The van der Waals surface area contributed by atoms with Crippen molar-refractivity contribution in [1.82, 2.24) is 10.2 Å². The van der Waals surface area contributed by atoms with Crippen LogP contribution in [0.5, 0.6) is 0 Å². The number of methoxy groups -OCH3 is 1. The fraction of sp³-hybridized carbons (Fsp3) is 0.846. The Hall–Kier alpha value is -1.34. The van der Waals surface area contributed by atoms with Crippen molar-refractivity contribution in [3.63, 3.8) is 0 Å². The summed E-state index contributed by atoms with van der Waals surface area (Å²) in [5, 5.41) is 12.0. The number of rotatable bonds is 8. The minimum atomic E-state index is -0.821. The van der Waals surface area contributed by atoms with Gasteiger partial charge in [-0.1, -0.05) is 6.92 Å². The van der Waals surface area contributed by atoms with Gasteiger partial charge in [0.1, 0.15) is 0 Å². The Morgan fingerprint density at radius 3 is 2.65 bits per heavy atom. The van der Waals surface area contributed by atoms with Crippen LogP contribution in [0.25, 0.3) is 0 Å². The predicted molar refractivity (Wildman–Crippen MR) is 72.6 cm³/mol. The molecule has 1 rings (SSSR count). The van der Waals surface area contributed by atoms with Gasteiger partial charge in [-0.3, -0.25) is 4.79 Å². The zero-order valence-corrected chi connectivity index (χ0v) is 12.2. The molecule has 1 fully saturated rings. The van der Waals surface area contributed by atoms with Crippen molar-refractivity contribution >= 4 is 12.0 Å². The molecule has 0 aromatic heterocycles. The molecule has 2 N–H and O–H groups in total. The molecule has 0 aliphatic carbocycles. The van der Waals surface area contributed by atoms with Crippen molar-refractivity contribution in [3.05, 3.63) is 0 Å². The maximum absolute atomic E-state index is 11.9. The van der Waals surface area contributed by atoms with E-state index >= 15 is 0 Å². The average Bonchev–Trinajstić information content (AvgIpc) is 2.88. The van der Waals surface area contributed by atoms with E-state index in [1.807, 2.05) is 6.92 Å². The summed E-state index contributed by atoms with van der Waals surface area (Å²) in [6.07, 6.45) is 1.04. The van der Waals surface area contributed by atoms with Crippen LogP contribution in [0, 0.1) is 5.41 Å². The third-order valence-electron chi connectivity index (χ3n) is 3.73. The van der Waals surface area contributed by atoms with Gasteiger partial charge in [0.05, 0.1) is 25.2 Å². The lowest BCUT2D eigenvalue weighted by Gasteiger charge is -2.23. The third-order valence-corrected chi connectivity index (χ3v) is 3.73. The van der Waals surface area contributed by atoms with E-state index in [1.165, 1.54) is 0 Å². The van der Waals surface area contributed by atoms with Crippen molar-refractivity contribution in [1.29, 1.82) is 0 Å². The second-order valence-electron chi connectivity index (χ2n) is 4.95. The fourth-order valence-corrected chi connectivity index (χ4v) is 2.25. The summed E-state index contributed by atoms with van der Waals surface area (Å²) in [7, 11) is 1.60. The average molecular weight is 288 g/mol. The number of nitrogens with zero attached hydrogens (tertiary/aromatic N) is 1. The van der Waals surface area contributed by atoms with E-state index in [4.69, 9.17) is 9.47 Å². The molecule has 0 bridgehead atoms. The van der Waals surface area contributed by atoms with E-state index in [0.717, 1.165) is 0 Å². The molecule has 2 amide bonds. The largest absolute Gasteiger partial charge is 0.481 e. The first-order valence-corrected chi connectivity index (χ1v) is 6.88. The van der Waals surface area contributed by atoms with Crippen LogP contribution in [0.4, 0.5) is 4.79 Å². The van der Waals surface area contributed by atoms with Crippen LogP contribution in [0.3, 0.4) is 0 Å². The molecular formula is C13H24N2O5. The number of carbonyl (C=O) groups is 2. The lowest BCUT2D eigenvalue weighted by molar-refractivity contribution is -0.148. The van der Waals surface area contributed by atoms with E-state index < -0.39 is 11.4 Å². The highest BCUT2D eigenvalue weighted by Gasteiger charge is 2.44. The second-order valence-corrected chi connectivity index (χ2v) is 4.95. The number of hydrogen-bond donors (Lipinski definition) is 2. The molecule has 1 atom stereocenters.